The third-order valence-corrected chi connectivity index (χ3v) is 3.83. The molecule has 2 rings (SSSR count). The lowest BCUT2D eigenvalue weighted by Gasteiger charge is -2.24. The molecular formula is C16H20N2O2S. The minimum atomic E-state index is -0.180. The summed E-state index contributed by atoms with van der Waals surface area (Å²) in [5, 5.41) is 4.73. The minimum Gasteiger partial charge on any atom is -0.336 e. The van der Waals surface area contributed by atoms with Crippen LogP contribution in [-0.2, 0) is 16.0 Å². The van der Waals surface area contributed by atoms with Crippen molar-refractivity contribution in [1.29, 1.82) is 0 Å². The fourth-order valence-electron chi connectivity index (χ4n) is 2.42. The van der Waals surface area contributed by atoms with E-state index in [1.54, 1.807) is 16.4 Å². The molecule has 1 atom stereocenters. The molecule has 0 aliphatic carbocycles. The molecule has 1 fully saturated rings. The minimum absolute atomic E-state index is 0.0353. The average Bonchev–Trinajstić information content (AvgIpc) is 2.93. The monoisotopic (exact) mass is 304 g/mol. The number of likely N-dealkylation sites (tertiary alicyclic amines) is 1. The van der Waals surface area contributed by atoms with E-state index in [4.69, 9.17) is 0 Å². The summed E-state index contributed by atoms with van der Waals surface area (Å²) in [7, 11) is 0. The first kappa shape index (κ1) is 15.6. The van der Waals surface area contributed by atoms with Gasteiger partial charge in [0.05, 0.1) is 6.42 Å². The van der Waals surface area contributed by atoms with E-state index in [1.165, 1.54) is 11.8 Å². The Hall–Kier alpha value is -1.75. The molecular weight excluding hydrogens is 284 g/mol. The molecule has 2 amide bonds. The second-order valence-corrected chi connectivity index (χ2v) is 5.70. The molecule has 1 saturated heterocycles. The van der Waals surface area contributed by atoms with Gasteiger partial charge in [0.15, 0.2) is 0 Å². The van der Waals surface area contributed by atoms with E-state index in [1.807, 2.05) is 36.6 Å². The maximum atomic E-state index is 12.1. The van der Waals surface area contributed by atoms with Gasteiger partial charge in [-0.15, -0.1) is 11.8 Å². The summed E-state index contributed by atoms with van der Waals surface area (Å²) in [5.41, 5.74) is 0.980. The van der Waals surface area contributed by atoms with Gasteiger partial charge in [0, 0.05) is 12.6 Å². The van der Waals surface area contributed by atoms with E-state index >= 15 is 0 Å². The quantitative estimate of drug-likeness (QED) is 0.848. The Morgan fingerprint density at radius 3 is 2.86 bits per heavy atom. The van der Waals surface area contributed by atoms with Crippen LogP contribution < -0.4 is 5.32 Å². The van der Waals surface area contributed by atoms with Crippen LogP contribution in [0.1, 0.15) is 18.4 Å². The molecule has 1 aliphatic rings. The number of carbonyl (C=O) groups excluding carboxylic acids is 2. The lowest BCUT2D eigenvalue weighted by atomic mass is 10.1. The van der Waals surface area contributed by atoms with Crippen molar-refractivity contribution in [2.75, 3.05) is 12.8 Å². The van der Waals surface area contributed by atoms with E-state index in [0.717, 1.165) is 18.4 Å². The number of carbonyl (C=O) groups is 2. The smallest absolute Gasteiger partial charge is 0.248 e. The van der Waals surface area contributed by atoms with Crippen LogP contribution in [0.25, 0.3) is 0 Å². The van der Waals surface area contributed by atoms with Crippen molar-refractivity contribution in [3.05, 3.63) is 47.4 Å². The standard InChI is InChI=1S/C16H20N2O2S/c1-21-11-9-16(20)18-10-5-8-14(18)17-15(19)12-13-6-3-2-4-7-13/h2-4,6-7,9,11,14H,5,8,10,12H2,1H3,(H,17,19). The number of thioether (sulfide) groups is 1. The molecule has 4 nitrogen and oxygen atoms in total. The van der Waals surface area contributed by atoms with Gasteiger partial charge in [-0.2, -0.15) is 0 Å². The van der Waals surface area contributed by atoms with Gasteiger partial charge in [-0.05, 0) is 30.1 Å². The predicted molar refractivity (Wildman–Crippen MR) is 85.7 cm³/mol. The highest BCUT2D eigenvalue weighted by atomic mass is 32.2. The summed E-state index contributed by atoms with van der Waals surface area (Å²) >= 11 is 1.49. The average molecular weight is 304 g/mol. The summed E-state index contributed by atoms with van der Waals surface area (Å²) < 4.78 is 0. The zero-order valence-electron chi connectivity index (χ0n) is 12.1. The molecule has 5 heteroatoms. The van der Waals surface area contributed by atoms with Crippen LogP contribution in [-0.4, -0.2) is 35.7 Å². The van der Waals surface area contributed by atoms with Gasteiger partial charge >= 0.3 is 0 Å². The highest BCUT2D eigenvalue weighted by molar-refractivity contribution is 8.01. The molecule has 1 aromatic rings. The normalized spacial score (nSPS) is 18.1. The van der Waals surface area contributed by atoms with E-state index < -0.39 is 0 Å². The van der Waals surface area contributed by atoms with E-state index in [9.17, 15) is 9.59 Å². The summed E-state index contributed by atoms with van der Waals surface area (Å²) in [5.74, 6) is -0.0772. The Morgan fingerprint density at radius 2 is 2.14 bits per heavy atom. The number of hydrogen-bond donors (Lipinski definition) is 1. The van der Waals surface area contributed by atoms with Gasteiger partial charge in [0.2, 0.25) is 11.8 Å². The van der Waals surface area contributed by atoms with Crippen LogP contribution in [0, 0.1) is 0 Å². The number of amides is 2. The first-order valence-electron chi connectivity index (χ1n) is 7.04. The summed E-state index contributed by atoms with van der Waals surface area (Å²) in [6, 6.07) is 9.62. The Bertz CT molecular complexity index is 516. The van der Waals surface area contributed by atoms with Crippen molar-refractivity contribution in [2.24, 2.45) is 0 Å². The van der Waals surface area contributed by atoms with E-state index in [0.29, 0.717) is 13.0 Å². The van der Waals surface area contributed by atoms with Crippen LogP contribution >= 0.6 is 11.8 Å². The molecule has 0 radical (unpaired) electrons. The van der Waals surface area contributed by atoms with Gasteiger partial charge in [0.25, 0.3) is 0 Å². The summed E-state index contributed by atoms with van der Waals surface area (Å²) in [6.45, 7) is 0.702. The first-order valence-corrected chi connectivity index (χ1v) is 8.32. The number of nitrogens with one attached hydrogen (secondary N) is 1. The van der Waals surface area contributed by atoms with Crippen LogP contribution in [0.2, 0.25) is 0 Å². The van der Waals surface area contributed by atoms with Crippen molar-refractivity contribution in [3.63, 3.8) is 0 Å². The molecule has 0 spiro atoms. The lowest BCUT2D eigenvalue weighted by molar-refractivity contribution is -0.129. The number of hydrogen-bond acceptors (Lipinski definition) is 3. The summed E-state index contributed by atoms with van der Waals surface area (Å²) in [4.78, 5) is 25.8. The molecule has 21 heavy (non-hydrogen) atoms. The third-order valence-electron chi connectivity index (χ3n) is 3.42. The fraction of sp³-hybridized carbons (Fsp3) is 0.375. The largest absolute Gasteiger partial charge is 0.336 e. The van der Waals surface area contributed by atoms with Crippen molar-refractivity contribution >= 4 is 23.6 Å². The van der Waals surface area contributed by atoms with Crippen molar-refractivity contribution in [2.45, 2.75) is 25.4 Å². The molecule has 112 valence electrons. The molecule has 1 N–H and O–H groups in total. The Kier molecular flexibility index (Phi) is 5.87. The number of rotatable bonds is 5. The maximum absolute atomic E-state index is 12.1. The van der Waals surface area contributed by atoms with Crippen LogP contribution in [0.5, 0.6) is 0 Å². The second-order valence-electron chi connectivity index (χ2n) is 4.96. The SMILES string of the molecule is CSC=CC(=O)N1CCCC1NC(=O)Cc1ccccc1. The summed E-state index contributed by atoms with van der Waals surface area (Å²) in [6.07, 6.45) is 5.38. The molecule has 1 heterocycles. The van der Waals surface area contributed by atoms with Gasteiger partial charge in [-0.1, -0.05) is 30.3 Å². The van der Waals surface area contributed by atoms with E-state index in [-0.39, 0.29) is 18.0 Å². The Morgan fingerprint density at radius 1 is 1.38 bits per heavy atom. The molecule has 1 aromatic carbocycles. The highest BCUT2D eigenvalue weighted by Crippen LogP contribution is 2.16. The van der Waals surface area contributed by atoms with Gasteiger partial charge < -0.3 is 10.2 Å². The zero-order chi connectivity index (χ0) is 15.1. The van der Waals surface area contributed by atoms with Crippen molar-refractivity contribution in [1.82, 2.24) is 10.2 Å². The number of nitrogens with zero attached hydrogens (tertiary/aromatic N) is 1. The zero-order valence-corrected chi connectivity index (χ0v) is 12.9. The molecule has 0 bridgehead atoms. The highest BCUT2D eigenvalue weighted by Gasteiger charge is 2.28. The maximum Gasteiger partial charge on any atom is 0.248 e. The predicted octanol–water partition coefficient (Wildman–Crippen LogP) is 2.17. The lowest BCUT2D eigenvalue weighted by Crippen LogP contribution is -2.47. The second kappa shape index (κ2) is 7.88. The van der Waals surface area contributed by atoms with Gasteiger partial charge in [-0.3, -0.25) is 9.59 Å². The van der Waals surface area contributed by atoms with Crippen LogP contribution in [0.3, 0.4) is 0 Å². The molecule has 0 saturated carbocycles. The molecule has 1 aliphatic heterocycles. The first-order chi connectivity index (χ1) is 10.2. The molecule has 0 aromatic heterocycles. The van der Waals surface area contributed by atoms with Crippen LogP contribution in [0.4, 0.5) is 0 Å². The Balaban J connectivity index is 1.90. The van der Waals surface area contributed by atoms with Crippen molar-refractivity contribution in [3.8, 4) is 0 Å². The van der Waals surface area contributed by atoms with Gasteiger partial charge in [-0.25, -0.2) is 0 Å². The van der Waals surface area contributed by atoms with Gasteiger partial charge in [0.1, 0.15) is 6.17 Å². The topological polar surface area (TPSA) is 49.4 Å². The Labute approximate surface area is 129 Å². The fourth-order valence-corrected chi connectivity index (χ4v) is 2.67. The van der Waals surface area contributed by atoms with E-state index in [2.05, 4.69) is 5.32 Å². The van der Waals surface area contributed by atoms with Crippen molar-refractivity contribution < 1.29 is 9.59 Å². The molecule has 1 unspecified atom stereocenters. The van der Waals surface area contributed by atoms with Crippen LogP contribution in [0.15, 0.2) is 41.8 Å². The third kappa shape index (κ3) is 4.63. The number of benzene rings is 1.